The van der Waals surface area contributed by atoms with E-state index in [9.17, 15) is 0 Å². The maximum Gasteiger partial charge on any atom is 0.126 e. The van der Waals surface area contributed by atoms with E-state index in [-0.39, 0.29) is 6.04 Å². The van der Waals surface area contributed by atoms with E-state index in [0.29, 0.717) is 5.02 Å². The Kier molecular flexibility index (Phi) is 3.95. The third-order valence-corrected chi connectivity index (χ3v) is 4.10. The molecule has 108 valence electrons. The van der Waals surface area contributed by atoms with Crippen LogP contribution >= 0.6 is 11.6 Å². The Labute approximate surface area is 129 Å². The molecule has 0 amide bonds. The highest BCUT2D eigenvalue weighted by atomic mass is 35.5. The number of halogens is 1. The zero-order valence-corrected chi connectivity index (χ0v) is 12.7. The first-order chi connectivity index (χ1) is 10.2. The molecular formula is C17H18ClN3. The Morgan fingerprint density at radius 1 is 1.14 bits per heavy atom. The highest BCUT2D eigenvalue weighted by molar-refractivity contribution is 6.35. The van der Waals surface area contributed by atoms with E-state index in [1.807, 2.05) is 35.9 Å². The van der Waals surface area contributed by atoms with E-state index in [0.717, 1.165) is 29.7 Å². The van der Waals surface area contributed by atoms with Gasteiger partial charge in [0.15, 0.2) is 0 Å². The number of hydrogen-bond acceptors (Lipinski definition) is 2. The SMILES string of the molecule is Cn1c(C(N)CCc2ccccc2)nc2cccc(Cl)c21. The second-order valence-corrected chi connectivity index (χ2v) is 5.67. The molecule has 0 aliphatic rings. The lowest BCUT2D eigenvalue weighted by molar-refractivity contribution is 0.592. The van der Waals surface area contributed by atoms with Crippen LogP contribution in [0.4, 0.5) is 0 Å². The van der Waals surface area contributed by atoms with Crippen molar-refractivity contribution in [3.8, 4) is 0 Å². The third kappa shape index (κ3) is 2.80. The van der Waals surface area contributed by atoms with Crippen LogP contribution in [0.3, 0.4) is 0 Å². The van der Waals surface area contributed by atoms with Crippen molar-refractivity contribution in [1.29, 1.82) is 0 Å². The van der Waals surface area contributed by atoms with E-state index in [4.69, 9.17) is 17.3 Å². The van der Waals surface area contributed by atoms with Crippen molar-refractivity contribution in [1.82, 2.24) is 9.55 Å². The van der Waals surface area contributed by atoms with Crippen LogP contribution in [0.15, 0.2) is 48.5 Å². The van der Waals surface area contributed by atoms with Crippen LogP contribution in [0.5, 0.6) is 0 Å². The van der Waals surface area contributed by atoms with Crippen LogP contribution in [-0.4, -0.2) is 9.55 Å². The highest BCUT2D eigenvalue weighted by Crippen LogP contribution is 2.26. The Morgan fingerprint density at radius 2 is 1.90 bits per heavy atom. The lowest BCUT2D eigenvalue weighted by Crippen LogP contribution is -2.16. The number of aromatic nitrogens is 2. The van der Waals surface area contributed by atoms with Crippen LogP contribution in [0, 0.1) is 0 Å². The molecule has 1 atom stereocenters. The summed E-state index contributed by atoms with van der Waals surface area (Å²) >= 11 is 6.25. The van der Waals surface area contributed by atoms with Gasteiger partial charge in [-0.2, -0.15) is 0 Å². The summed E-state index contributed by atoms with van der Waals surface area (Å²) in [6.07, 6.45) is 1.80. The molecule has 2 aromatic carbocycles. The summed E-state index contributed by atoms with van der Waals surface area (Å²) in [5.74, 6) is 0.883. The van der Waals surface area contributed by atoms with E-state index in [2.05, 4.69) is 29.2 Å². The Balaban J connectivity index is 1.83. The number of imidazole rings is 1. The number of fused-ring (bicyclic) bond motifs is 1. The number of para-hydroxylation sites is 1. The zero-order chi connectivity index (χ0) is 14.8. The Morgan fingerprint density at radius 3 is 2.62 bits per heavy atom. The molecule has 1 heterocycles. The van der Waals surface area contributed by atoms with Crippen molar-refractivity contribution in [2.75, 3.05) is 0 Å². The molecule has 3 nitrogen and oxygen atoms in total. The minimum absolute atomic E-state index is 0.0985. The summed E-state index contributed by atoms with van der Waals surface area (Å²) in [6.45, 7) is 0. The van der Waals surface area contributed by atoms with E-state index in [1.54, 1.807) is 0 Å². The van der Waals surface area contributed by atoms with Crippen LogP contribution in [0.25, 0.3) is 11.0 Å². The fraction of sp³-hybridized carbons (Fsp3) is 0.235. The summed E-state index contributed by atoms with van der Waals surface area (Å²) in [4.78, 5) is 4.64. The van der Waals surface area contributed by atoms with Gasteiger partial charge in [0.05, 0.1) is 22.1 Å². The van der Waals surface area contributed by atoms with Crippen molar-refractivity contribution in [3.05, 3.63) is 64.9 Å². The van der Waals surface area contributed by atoms with Gasteiger partial charge in [0, 0.05) is 7.05 Å². The number of hydrogen-bond donors (Lipinski definition) is 1. The normalized spacial score (nSPS) is 12.7. The van der Waals surface area contributed by atoms with E-state index >= 15 is 0 Å². The summed E-state index contributed by atoms with van der Waals surface area (Å²) in [5.41, 5.74) is 9.47. The fourth-order valence-electron chi connectivity index (χ4n) is 2.67. The van der Waals surface area contributed by atoms with Gasteiger partial charge < -0.3 is 10.3 Å². The smallest absolute Gasteiger partial charge is 0.126 e. The van der Waals surface area contributed by atoms with Crippen molar-refractivity contribution in [2.24, 2.45) is 12.8 Å². The van der Waals surface area contributed by atoms with E-state index < -0.39 is 0 Å². The maximum atomic E-state index is 6.33. The molecule has 0 spiro atoms. The first-order valence-electron chi connectivity index (χ1n) is 7.07. The predicted octanol–water partition coefficient (Wildman–Crippen LogP) is 3.86. The molecule has 0 radical (unpaired) electrons. The van der Waals surface area contributed by atoms with Crippen molar-refractivity contribution < 1.29 is 0 Å². The van der Waals surface area contributed by atoms with Gasteiger partial charge in [-0.15, -0.1) is 0 Å². The first-order valence-corrected chi connectivity index (χ1v) is 7.45. The largest absolute Gasteiger partial charge is 0.329 e. The van der Waals surface area contributed by atoms with Crippen LogP contribution in [0.1, 0.15) is 23.9 Å². The maximum absolute atomic E-state index is 6.33. The number of rotatable bonds is 4. The molecule has 4 heteroatoms. The second-order valence-electron chi connectivity index (χ2n) is 5.27. The molecule has 0 bridgehead atoms. The van der Waals surface area contributed by atoms with Crippen LogP contribution < -0.4 is 5.73 Å². The van der Waals surface area contributed by atoms with E-state index in [1.165, 1.54) is 5.56 Å². The fourth-order valence-corrected chi connectivity index (χ4v) is 2.96. The molecule has 3 rings (SSSR count). The van der Waals surface area contributed by atoms with Crippen LogP contribution in [-0.2, 0) is 13.5 Å². The lowest BCUT2D eigenvalue weighted by Gasteiger charge is -2.12. The molecule has 21 heavy (non-hydrogen) atoms. The molecule has 0 aliphatic heterocycles. The first kappa shape index (κ1) is 14.1. The van der Waals surface area contributed by atoms with Gasteiger partial charge in [0.1, 0.15) is 5.82 Å². The monoisotopic (exact) mass is 299 g/mol. The highest BCUT2D eigenvalue weighted by Gasteiger charge is 2.16. The number of nitrogens with two attached hydrogens (primary N) is 1. The molecule has 0 aliphatic carbocycles. The summed E-state index contributed by atoms with van der Waals surface area (Å²) in [5, 5.41) is 0.712. The predicted molar refractivity (Wildman–Crippen MR) is 87.4 cm³/mol. The number of nitrogens with zero attached hydrogens (tertiary/aromatic N) is 2. The van der Waals surface area contributed by atoms with Gasteiger partial charge in [-0.05, 0) is 30.5 Å². The minimum atomic E-state index is -0.0985. The number of benzene rings is 2. The van der Waals surface area contributed by atoms with Crippen molar-refractivity contribution >= 4 is 22.6 Å². The molecule has 1 unspecified atom stereocenters. The summed E-state index contributed by atoms with van der Waals surface area (Å²) < 4.78 is 2.01. The van der Waals surface area contributed by atoms with Gasteiger partial charge >= 0.3 is 0 Å². The minimum Gasteiger partial charge on any atom is -0.329 e. The average molecular weight is 300 g/mol. The molecule has 1 aromatic heterocycles. The van der Waals surface area contributed by atoms with Crippen LogP contribution in [0.2, 0.25) is 5.02 Å². The Bertz CT molecular complexity index is 749. The molecular weight excluding hydrogens is 282 g/mol. The summed E-state index contributed by atoms with van der Waals surface area (Å²) in [7, 11) is 1.97. The molecule has 0 saturated carbocycles. The van der Waals surface area contributed by atoms with Gasteiger partial charge in [-0.1, -0.05) is 48.0 Å². The lowest BCUT2D eigenvalue weighted by atomic mass is 10.1. The van der Waals surface area contributed by atoms with Crippen molar-refractivity contribution in [2.45, 2.75) is 18.9 Å². The van der Waals surface area contributed by atoms with Gasteiger partial charge in [0.2, 0.25) is 0 Å². The topological polar surface area (TPSA) is 43.8 Å². The van der Waals surface area contributed by atoms with Gasteiger partial charge in [-0.3, -0.25) is 0 Å². The molecule has 2 N–H and O–H groups in total. The van der Waals surface area contributed by atoms with Crippen molar-refractivity contribution in [3.63, 3.8) is 0 Å². The molecule has 3 aromatic rings. The standard InChI is InChI=1S/C17H18ClN3/c1-21-16-13(18)8-5-9-15(16)20-17(21)14(19)11-10-12-6-3-2-4-7-12/h2-9,14H,10-11,19H2,1H3. The van der Waals surface area contributed by atoms with Gasteiger partial charge in [0.25, 0.3) is 0 Å². The third-order valence-electron chi connectivity index (χ3n) is 3.80. The second kappa shape index (κ2) is 5.88. The summed E-state index contributed by atoms with van der Waals surface area (Å²) in [6, 6.07) is 16.0. The quantitative estimate of drug-likeness (QED) is 0.795. The van der Waals surface area contributed by atoms with Gasteiger partial charge in [-0.25, -0.2) is 4.98 Å². The molecule has 0 fully saturated rings. The molecule has 0 saturated heterocycles. The zero-order valence-electron chi connectivity index (χ0n) is 12.0. The number of aryl methyl sites for hydroxylation is 2. The Hall–Kier alpha value is -1.84. The average Bonchev–Trinajstić information content (AvgIpc) is 2.84.